The molecule has 0 radical (unpaired) electrons. The molecule has 0 amide bonds. The van der Waals surface area contributed by atoms with Gasteiger partial charge in [0.25, 0.3) is 0 Å². The van der Waals surface area contributed by atoms with Crippen LogP contribution in [-0.4, -0.2) is 48.9 Å². The van der Waals surface area contributed by atoms with Crippen LogP contribution in [0.2, 0.25) is 5.02 Å². The molecular weight excluding hydrogens is 330 g/mol. The Kier molecular flexibility index (Phi) is 5.33. The summed E-state index contributed by atoms with van der Waals surface area (Å²) < 4.78 is 10.9. The molecule has 1 aromatic carbocycles. The number of carboxylic acid groups (broad SMARTS) is 1. The van der Waals surface area contributed by atoms with E-state index in [4.69, 9.17) is 21.1 Å². The van der Waals surface area contributed by atoms with Crippen LogP contribution in [0.5, 0.6) is 5.75 Å². The number of carbonyl (C=O) groups is 1. The highest BCUT2D eigenvalue weighted by molar-refractivity contribution is 6.32. The molecule has 5 nitrogen and oxygen atoms in total. The van der Waals surface area contributed by atoms with Crippen molar-refractivity contribution in [2.45, 2.75) is 26.3 Å². The van der Waals surface area contributed by atoms with Gasteiger partial charge in [-0.3, -0.25) is 9.69 Å². The highest BCUT2D eigenvalue weighted by Crippen LogP contribution is 2.44. The maximum Gasteiger partial charge on any atom is 0.308 e. The summed E-state index contributed by atoms with van der Waals surface area (Å²) in [6, 6.07) is 5.80. The molecule has 2 heterocycles. The van der Waals surface area contributed by atoms with Crippen molar-refractivity contribution in [2.75, 3.05) is 32.9 Å². The number of benzene rings is 1. The lowest BCUT2D eigenvalue weighted by Crippen LogP contribution is -2.40. The molecule has 24 heavy (non-hydrogen) atoms. The Balaban J connectivity index is 1.72. The average Bonchev–Trinajstić information content (AvgIpc) is 2.88. The van der Waals surface area contributed by atoms with E-state index in [-0.39, 0.29) is 11.3 Å². The third-order valence-corrected chi connectivity index (χ3v) is 5.50. The molecule has 132 valence electrons. The number of hydrogen-bond acceptors (Lipinski definition) is 4. The van der Waals surface area contributed by atoms with Crippen molar-refractivity contribution in [3.05, 3.63) is 28.8 Å². The minimum atomic E-state index is -0.691. The monoisotopic (exact) mass is 353 g/mol. The molecule has 1 aromatic rings. The van der Waals surface area contributed by atoms with E-state index in [1.807, 2.05) is 25.1 Å². The molecule has 2 saturated heterocycles. The van der Waals surface area contributed by atoms with Crippen LogP contribution >= 0.6 is 11.6 Å². The normalized spacial score (nSPS) is 23.5. The Bertz CT molecular complexity index is 601. The van der Waals surface area contributed by atoms with Crippen LogP contribution in [0.25, 0.3) is 0 Å². The number of carboxylic acids is 1. The summed E-state index contributed by atoms with van der Waals surface area (Å²) in [6.07, 6.45) is 1.65. The van der Waals surface area contributed by atoms with Crippen LogP contribution in [0.4, 0.5) is 0 Å². The molecular formula is C18H24ClNO4. The van der Waals surface area contributed by atoms with Crippen LogP contribution in [0.3, 0.4) is 0 Å². The zero-order valence-electron chi connectivity index (χ0n) is 14.0. The van der Waals surface area contributed by atoms with E-state index in [0.717, 1.165) is 24.9 Å². The molecule has 1 unspecified atom stereocenters. The standard InChI is InChI=1S/C18H24ClNO4/c1-2-24-16-4-3-13(9-15(16)19)10-20-11-14(17(21)22)18(12-20)5-7-23-8-6-18/h3-4,9,14H,2,5-8,10-12H2,1H3,(H,21,22). The van der Waals surface area contributed by atoms with Crippen molar-refractivity contribution in [1.82, 2.24) is 4.90 Å². The Morgan fingerprint density at radius 1 is 1.46 bits per heavy atom. The molecule has 1 N–H and O–H groups in total. The summed E-state index contributed by atoms with van der Waals surface area (Å²) in [5, 5.41) is 10.3. The van der Waals surface area contributed by atoms with Crippen LogP contribution in [0.1, 0.15) is 25.3 Å². The number of likely N-dealkylation sites (tertiary alicyclic amines) is 1. The molecule has 2 aliphatic heterocycles. The summed E-state index contributed by atoms with van der Waals surface area (Å²) in [6.45, 7) is 5.92. The number of aliphatic carboxylic acids is 1. The number of nitrogens with zero attached hydrogens (tertiary/aromatic N) is 1. The zero-order chi connectivity index (χ0) is 17.2. The molecule has 0 saturated carbocycles. The van der Waals surface area contributed by atoms with Gasteiger partial charge in [0.1, 0.15) is 5.75 Å². The molecule has 1 spiro atoms. The first-order valence-electron chi connectivity index (χ1n) is 8.48. The second kappa shape index (κ2) is 7.30. The SMILES string of the molecule is CCOc1ccc(CN2CC(C(=O)O)C3(CCOCC3)C2)cc1Cl. The summed E-state index contributed by atoms with van der Waals surface area (Å²) >= 11 is 6.26. The summed E-state index contributed by atoms with van der Waals surface area (Å²) in [5.74, 6) is -0.322. The topological polar surface area (TPSA) is 59.0 Å². The number of halogens is 1. The third-order valence-electron chi connectivity index (χ3n) is 5.21. The fraction of sp³-hybridized carbons (Fsp3) is 0.611. The first kappa shape index (κ1) is 17.5. The van der Waals surface area contributed by atoms with Gasteiger partial charge in [-0.05, 0) is 37.5 Å². The quantitative estimate of drug-likeness (QED) is 0.881. The minimum Gasteiger partial charge on any atom is -0.492 e. The molecule has 6 heteroatoms. The smallest absolute Gasteiger partial charge is 0.308 e. The Labute approximate surface area is 147 Å². The molecule has 0 aromatic heterocycles. The van der Waals surface area contributed by atoms with Crippen LogP contribution in [0, 0.1) is 11.3 Å². The Morgan fingerprint density at radius 3 is 2.83 bits per heavy atom. The lowest BCUT2D eigenvalue weighted by atomic mass is 9.72. The van der Waals surface area contributed by atoms with Gasteiger partial charge < -0.3 is 14.6 Å². The Morgan fingerprint density at radius 2 is 2.21 bits per heavy atom. The lowest BCUT2D eigenvalue weighted by molar-refractivity contribution is -0.147. The maximum absolute atomic E-state index is 11.7. The molecule has 3 rings (SSSR count). The molecule has 2 fully saturated rings. The summed E-state index contributed by atoms with van der Waals surface area (Å²) in [4.78, 5) is 14.0. The van der Waals surface area contributed by atoms with Gasteiger partial charge in [0.15, 0.2) is 0 Å². The van der Waals surface area contributed by atoms with Gasteiger partial charge in [0.05, 0.1) is 17.5 Å². The number of ether oxygens (including phenoxy) is 2. The van der Waals surface area contributed by atoms with Gasteiger partial charge in [-0.15, -0.1) is 0 Å². The average molecular weight is 354 g/mol. The summed E-state index contributed by atoms with van der Waals surface area (Å²) in [5.41, 5.74) is 0.927. The van der Waals surface area contributed by atoms with Crippen molar-refractivity contribution < 1.29 is 19.4 Å². The van der Waals surface area contributed by atoms with Gasteiger partial charge in [-0.25, -0.2) is 0 Å². The predicted octanol–water partition coefficient (Wildman–Crippen LogP) is 3.05. The largest absolute Gasteiger partial charge is 0.492 e. The number of rotatable bonds is 5. The maximum atomic E-state index is 11.7. The van der Waals surface area contributed by atoms with Crippen LogP contribution in [0.15, 0.2) is 18.2 Å². The van der Waals surface area contributed by atoms with E-state index in [1.165, 1.54) is 0 Å². The first-order chi connectivity index (χ1) is 11.5. The first-order valence-corrected chi connectivity index (χ1v) is 8.86. The van der Waals surface area contributed by atoms with Crippen LogP contribution in [-0.2, 0) is 16.1 Å². The molecule has 0 aliphatic carbocycles. The van der Waals surface area contributed by atoms with Crippen molar-refractivity contribution in [3.63, 3.8) is 0 Å². The van der Waals surface area contributed by atoms with E-state index in [2.05, 4.69) is 4.90 Å². The minimum absolute atomic E-state index is 0.154. The fourth-order valence-corrected chi connectivity index (χ4v) is 4.25. The van der Waals surface area contributed by atoms with Gasteiger partial charge in [0.2, 0.25) is 0 Å². The van der Waals surface area contributed by atoms with E-state index >= 15 is 0 Å². The number of hydrogen-bond donors (Lipinski definition) is 1. The van der Waals surface area contributed by atoms with Gasteiger partial charge in [0, 0.05) is 38.3 Å². The van der Waals surface area contributed by atoms with E-state index in [9.17, 15) is 9.90 Å². The molecule has 2 aliphatic rings. The lowest BCUT2D eigenvalue weighted by Gasteiger charge is -2.36. The second-order valence-electron chi connectivity index (χ2n) is 6.73. The fourth-order valence-electron chi connectivity index (χ4n) is 3.99. The van der Waals surface area contributed by atoms with Gasteiger partial charge in [-0.1, -0.05) is 17.7 Å². The Hall–Kier alpha value is -1.30. The van der Waals surface area contributed by atoms with E-state index < -0.39 is 5.97 Å². The van der Waals surface area contributed by atoms with E-state index in [1.54, 1.807) is 0 Å². The highest BCUT2D eigenvalue weighted by Gasteiger charge is 2.50. The summed E-state index contributed by atoms with van der Waals surface area (Å²) in [7, 11) is 0. The highest BCUT2D eigenvalue weighted by atomic mass is 35.5. The van der Waals surface area contributed by atoms with Crippen molar-refractivity contribution >= 4 is 17.6 Å². The van der Waals surface area contributed by atoms with Crippen molar-refractivity contribution in [2.24, 2.45) is 11.3 Å². The van der Waals surface area contributed by atoms with Gasteiger partial charge >= 0.3 is 5.97 Å². The zero-order valence-corrected chi connectivity index (χ0v) is 14.7. The molecule has 0 bridgehead atoms. The van der Waals surface area contributed by atoms with Gasteiger partial charge in [-0.2, -0.15) is 0 Å². The van der Waals surface area contributed by atoms with Crippen LogP contribution < -0.4 is 4.74 Å². The van der Waals surface area contributed by atoms with E-state index in [0.29, 0.717) is 43.7 Å². The second-order valence-corrected chi connectivity index (χ2v) is 7.14. The molecule has 1 atom stereocenters. The third kappa shape index (κ3) is 3.53. The van der Waals surface area contributed by atoms with Crippen molar-refractivity contribution in [3.8, 4) is 5.75 Å². The predicted molar refractivity (Wildman–Crippen MR) is 91.5 cm³/mol. The van der Waals surface area contributed by atoms with Crippen molar-refractivity contribution in [1.29, 1.82) is 0 Å².